The molecule has 1 heterocycles. The van der Waals surface area contributed by atoms with Crippen molar-refractivity contribution in [2.75, 3.05) is 0 Å². The minimum absolute atomic E-state index is 0.0636. The first kappa shape index (κ1) is 23.0. The zero-order valence-electron chi connectivity index (χ0n) is 21.7. The molecule has 6 aliphatic rings. The molecule has 6 rings (SSSR count). The van der Waals surface area contributed by atoms with E-state index in [0.717, 1.165) is 32.1 Å². The molecule has 33 heavy (non-hydrogen) atoms. The predicted octanol–water partition coefficient (Wildman–Crippen LogP) is 5.14. The van der Waals surface area contributed by atoms with Crippen LogP contribution in [0.25, 0.3) is 0 Å². The van der Waals surface area contributed by atoms with Crippen LogP contribution in [0.5, 0.6) is 0 Å². The monoisotopic (exact) mass is 458 g/mol. The van der Waals surface area contributed by atoms with Crippen molar-refractivity contribution in [3.63, 3.8) is 0 Å². The summed E-state index contributed by atoms with van der Waals surface area (Å²) in [6.07, 6.45) is 9.11. The zero-order valence-corrected chi connectivity index (χ0v) is 21.7. The third kappa shape index (κ3) is 2.57. The molecule has 10 unspecified atom stereocenters. The molecule has 6 fully saturated rings. The Kier molecular flexibility index (Phi) is 4.63. The van der Waals surface area contributed by atoms with Crippen LogP contribution in [0.1, 0.15) is 99.3 Å². The van der Waals surface area contributed by atoms with Crippen molar-refractivity contribution in [3.05, 3.63) is 0 Å². The number of hydrogen-bond donors (Lipinski definition) is 2. The maximum atomic E-state index is 12.9. The third-order valence-electron chi connectivity index (χ3n) is 13.1. The summed E-state index contributed by atoms with van der Waals surface area (Å²) < 4.78 is 6.46. The predicted molar refractivity (Wildman–Crippen MR) is 127 cm³/mol. The van der Waals surface area contributed by atoms with Gasteiger partial charge in [0.25, 0.3) is 0 Å². The lowest BCUT2D eigenvalue weighted by atomic mass is 9.46. The highest BCUT2D eigenvalue weighted by Gasteiger charge is 2.84. The number of Topliss-reactive ketones (excluding diaryl/α,β-unsaturated/α-hetero) is 1. The lowest BCUT2D eigenvalue weighted by Crippen LogP contribution is -2.54. The van der Waals surface area contributed by atoms with Crippen molar-refractivity contribution in [1.29, 1.82) is 0 Å². The molecule has 5 saturated carbocycles. The normalized spacial score (nSPS) is 57.2. The molecule has 0 radical (unpaired) electrons. The van der Waals surface area contributed by atoms with Crippen LogP contribution in [0, 0.1) is 51.2 Å². The number of hydrogen-bond acceptors (Lipinski definition) is 4. The van der Waals surface area contributed by atoms with Crippen molar-refractivity contribution in [1.82, 2.24) is 0 Å². The van der Waals surface area contributed by atoms with Gasteiger partial charge in [0.1, 0.15) is 5.78 Å². The van der Waals surface area contributed by atoms with Gasteiger partial charge in [-0.2, -0.15) is 0 Å². The highest BCUT2D eigenvalue weighted by molar-refractivity contribution is 5.86. The molecular weight excluding hydrogens is 412 g/mol. The molecule has 5 aliphatic carbocycles. The molecule has 1 saturated heterocycles. The molecule has 0 amide bonds. The number of carbonyl (C=O) groups excluding carboxylic acids is 1. The molecular formula is C29H46O4. The van der Waals surface area contributed by atoms with Crippen molar-refractivity contribution in [2.45, 2.75) is 123 Å². The summed E-state index contributed by atoms with van der Waals surface area (Å²) in [7, 11) is 0. The molecule has 0 aromatic carbocycles. The van der Waals surface area contributed by atoms with Gasteiger partial charge >= 0.3 is 0 Å². The lowest BCUT2D eigenvalue weighted by Gasteiger charge is -2.58. The van der Waals surface area contributed by atoms with E-state index in [1.807, 2.05) is 13.8 Å². The van der Waals surface area contributed by atoms with Gasteiger partial charge in [0, 0.05) is 17.8 Å². The van der Waals surface area contributed by atoms with Crippen molar-refractivity contribution in [2.24, 2.45) is 51.2 Å². The van der Waals surface area contributed by atoms with Gasteiger partial charge in [-0.05, 0) is 105 Å². The Morgan fingerprint density at radius 1 is 0.970 bits per heavy atom. The Hall–Kier alpha value is -0.450. The van der Waals surface area contributed by atoms with E-state index in [4.69, 9.17) is 4.74 Å². The Morgan fingerprint density at radius 2 is 1.70 bits per heavy atom. The number of fused-ring (bicyclic) bond motifs is 2. The van der Waals surface area contributed by atoms with Crippen LogP contribution in [0.3, 0.4) is 0 Å². The van der Waals surface area contributed by atoms with E-state index in [0.29, 0.717) is 40.3 Å². The Labute approximate surface area is 200 Å². The second-order valence-corrected chi connectivity index (χ2v) is 14.5. The number of rotatable bonds is 2. The SMILES string of the molecule is C[C@H]1C23CCC4(C)C(CC(O)C4C4CCC(C(C)(C)O)O4)C2CCC2C(C)(C)C(=O)CCC213. The molecule has 186 valence electrons. The molecule has 2 N–H and O–H groups in total. The number of ketones is 1. The topological polar surface area (TPSA) is 66.8 Å². The largest absolute Gasteiger partial charge is 0.393 e. The molecule has 0 bridgehead atoms. The highest BCUT2D eigenvalue weighted by Crippen LogP contribution is 2.89. The van der Waals surface area contributed by atoms with Crippen LogP contribution in [-0.2, 0) is 9.53 Å². The van der Waals surface area contributed by atoms with Gasteiger partial charge in [0.05, 0.1) is 23.9 Å². The Bertz CT molecular complexity index is 858. The van der Waals surface area contributed by atoms with Crippen LogP contribution in [-0.4, -0.2) is 39.9 Å². The maximum Gasteiger partial charge on any atom is 0.138 e. The summed E-state index contributed by atoms with van der Waals surface area (Å²) in [5.41, 5.74) is -0.144. The fraction of sp³-hybridized carbons (Fsp3) is 0.966. The van der Waals surface area contributed by atoms with Crippen LogP contribution in [0.2, 0.25) is 0 Å². The van der Waals surface area contributed by atoms with E-state index in [9.17, 15) is 15.0 Å². The fourth-order valence-electron chi connectivity index (χ4n) is 11.6. The van der Waals surface area contributed by atoms with Gasteiger partial charge in [-0.3, -0.25) is 4.79 Å². The van der Waals surface area contributed by atoms with Crippen molar-refractivity contribution >= 4 is 5.78 Å². The Balaban J connectivity index is 1.31. The zero-order chi connectivity index (χ0) is 23.8. The third-order valence-corrected chi connectivity index (χ3v) is 13.1. The molecule has 1 aliphatic heterocycles. The molecule has 0 aromatic rings. The van der Waals surface area contributed by atoms with Gasteiger partial charge in [-0.1, -0.05) is 27.7 Å². The van der Waals surface area contributed by atoms with E-state index >= 15 is 0 Å². The summed E-state index contributed by atoms with van der Waals surface area (Å²) in [5, 5.41) is 22.0. The van der Waals surface area contributed by atoms with Gasteiger partial charge in [-0.15, -0.1) is 0 Å². The second kappa shape index (κ2) is 6.65. The van der Waals surface area contributed by atoms with Gasteiger partial charge < -0.3 is 14.9 Å². The average Bonchev–Trinajstić information content (AvgIpc) is 3.05. The van der Waals surface area contributed by atoms with Crippen molar-refractivity contribution < 1.29 is 19.7 Å². The quantitative estimate of drug-likeness (QED) is 0.601. The van der Waals surface area contributed by atoms with E-state index in [1.54, 1.807) is 0 Å². The summed E-state index contributed by atoms with van der Waals surface area (Å²) in [6.45, 7) is 13.1. The lowest BCUT2D eigenvalue weighted by molar-refractivity contribution is -0.149. The van der Waals surface area contributed by atoms with E-state index in [2.05, 4.69) is 27.7 Å². The van der Waals surface area contributed by atoms with Crippen LogP contribution in [0.4, 0.5) is 0 Å². The minimum Gasteiger partial charge on any atom is -0.393 e. The molecule has 11 atom stereocenters. The van der Waals surface area contributed by atoms with Crippen LogP contribution >= 0.6 is 0 Å². The summed E-state index contributed by atoms with van der Waals surface area (Å²) in [4.78, 5) is 12.9. The van der Waals surface area contributed by atoms with Gasteiger partial charge in [0.2, 0.25) is 0 Å². The van der Waals surface area contributed by atoms with Crippen LogP contribution < -0.4 is 0 Å². The maximum absolute atomic E-state index is 12.9. The minimum atomic E-state index is -0.825. The van der Waals surface area contributed by atoms with Crippen LogP contribution in [0.15, 0.2) is 0 Å². The number of carbonyl (C=O) groups is 1. The van der Waals surface area contributed by atoms with E-state index in [-0.39, 0.29) is 35.1 Å². The standard InChI is InChI=1S/C29H46O4/c1-16-28-14-13-27(6)18(15-19(30)24(27)20-8-10-23(33-20)26(4,5)32)17(28)7-9-21-25(2,3)22(31)11-12-29(16,21)28/h16-21,23-24,30,32H,7-15H2,1-6H3/t16-,17?,18?,19?,20?,21?,23?,24?,27?,28?,29?/m0/s1. The molecule has 4 nitrogen and oxygen atoms in total. The van der Waals surface area contributed by atoms with Gasteiger partial charge in [-0.25, -0.2) is 0 Å². The van der Waals surface area contributed by atoms with E-state index in [1.165, 1.54) is 25.7 Å². The highest BCUT2D eigenvalue weighted by atomic mass is 16.5. The first-order valence-corrected chi connectivity index (χ1v) is 13.9. The molecule has 4 heteroatoms. The smallest absolute Gasteiger partial charge is 0.138 e. The fourth-order valence-corrected chi connectivity index (χ4v) is 11.6. The summed E-state index contributed by atoms with van der Waals surface area (Å²) in [5.74, 6) is 3.15. The van der Waals surface area contributed by atoms with Gasteiger partial charge in [0.15, 0.2) is 0 Å². The molecule has 0 aromatic heterocycles. The van der Waals surface area contributed by atoms with Crippen molar-refractivity contribution in [3.8, 4) is 0 Å². The summed E-state index contributed by atoms with van der Waals surface area (Å²) >= 11 is 0. The first-order chi connectivity index (χ1) is 15.3. The number of aliphatic hydroxyl groups excluding tert-OH is 1. The number of aliphatic hydroxyl groups is 2. The average molecular weight is 459 g/mol. The number of ether oxygens (including phenoxy) is 1. The van der Waals surface area contributed by atoms with E-state index < -0.39 is 5.60 Å². The molecule has 2 spiro atoms. The second-order valence-electron chi connectivity index (χ2n) is 14.5. The Morgan fingerprint density at radius 3 is 2.36 bits per heavy atom. The summed E-state index contributed by atoms with van der Waals surface area (Å²) in [6, 6.07) is 0. The first-order valence-electron chi connectivity index (χ1n) is 13.9.